The lowest BCUT2D eigenvalue weighted by atomic mass is 9.87. The van der Waals surface area contributed by atoms with Crippen LogP contribution >= 0.6 is 0 Å². The van der Waals surface area contributed by atoms with E-state index in [1.54, 1.807) is 12.4 Å². The van der Waals surface area contributed by atoms with E-state index in [2.05, 4.69) is 45.6 Å². The van der Waals surface area contributed by atoms with Crippen molar-refractivity contribution in [3.05, 3.63) is 77.7 Å². The molecular weight excluding hydrogens is 426 g/mol. The third-order valence-electron chi connectivity index (χ3n) is 6.56. The minimum absolute atomic E-state index is 0.0508. The number of nitrogens with zero attached hydrogens (tertiary/aromatic N) is 3. The number of pyridine rings is 1. The molecule has 1 atom stereocenters. The highest BCUT2D eigenvalue weighted by atomic mass is 16.5. The molecule has 0 spiro atoms. The topological polar surface area (TPSA) is 83.1 Å². The van der Waals surface area contributed by atoms with Gasteiger partial charge in [0.2, 0.25) is 0 Å². The number of amides is 1. The van der Waals surface area contributed by atoms with Crippen molar-refractivity contribution in [2.75, 3.05) is 26.7 Å². The number of hydrogen-bond acceptors (Lipinski definition) is 5. The van der Waals surface area contributed by atoms with Crippen LogP contribution in [0.1, 0.15) is 34.5 Å². The summed E-state index contributed by atoms with van der Waals surface area (Å²) in [6.07, 6.45) is 5.40. The standard InChI is InChI=1S/C27H29N5O2/c1-4-34-24-11-19(8-9-22(24)18-7-5-6-17(2)10-18)27(33)32(3)26(21-13-28-14-21)23-16-29-12-20-15-30-31-25(20)23/h5-12,15-16,21,26,28H,4,13-14H2,1-3H3,(H,30,31)/t26-/m0/s1. The Balaban J connectivity index is 1.51. The van der Waals surface area contributed by atoms with Crippen LogP contribution in [-0.4, -0.2) is 52.7 Å². The van der Waals surface area contributed by atoms with Crippen LogP contribution in [-0.2, 0) is 0 Å². The summed E-state index contributed by atoms with van der Waals surface area (Å²) in [5, 5.41) is 11.6. The molecule has 1 aliphatic rings. The number of aryl methyl sites for hydroxylation is 1. The first-order chi connectivity index (χ1) is 16.6. The Kier molecular flexibility index (Phi) is 6.02. The number of fused-ring (bicyclic) bond motifs is 1. The number of rotatable bonds is 7. The monoisotopic (exact) mass is 455 g/mol. The molecule has 1 aliphatic heterocycles. The molecule has 2 aromatic heterocycles. The van der Waals surface area contributed by atoms with E-state index >= 15 is 0 Å². The molecule has 0 unspecified atom stereocenters. The summed E-state index contributed by atoms with van der Waals surface area (Å²) in [6, 6.07) is 13.9. The number of aromatic nitrogens is 3. The number of ether oxygens (including phenoxy) is 1. The molecule has 0 aliphatic carbocycles. The molecule has 1 saturated heterocycles. The van der Waals surface area contributed by atoms with Gasteiger partial charge in [-0.1, -0.05) is 29.8 Å². The maximum Gasteiger partial charge on any atom is 0.254 e. The summed E-state index contributed by atoms with van der Waals surface area (Å²) in [6.45, 7) is 6.25. The summed E-state index contributed by atoms with van der Waals surface area (Å²) < 4.78 is 5.97. The average molecular weight is 456 g/mol. The van der Waals surface area contributed by atoms with E-state index < -0.39 is 0 Å². The second-order valence-electron chi connectivity index (χ2n) is 8.86. The van der Waals surface area contributed by atoms with Gasteiger partial charge in [-0.25, -0.2) is 0 Å². The van der Waals surface area contributed by atoms with Crippen molar-refractivity contribution in [2.24, 2.45) is 5.92 Å². The summed E-state index contributed by atoms with van der Waals surface area (Å²) in [7, 11) is 1.87. The van der Waals surface area contributed by atoms with Crippen molar-refractivity contribution in [3.8, 4) is 16.9 Å². The average Bonchev–Trinajstić information content (AvgIpc) is 3.30. The lowest BCUT2D eigenvalue weighted by molar-refractivity contribution is 0.0626. The van der Waals surface area contributed by atoms with E-state index in [0.717, 1.165) is 40.7 Å². The molecule has 7 heteroatoms. The first-order valence-electron chi connectivity index (χ1n) is 11.7. The molecule has 2 aromatic carbocycles. The van der Waals surface area contributed by atoms with Crippen molar-refractivity contribution >= 4 is 16.8 Å². The van der Waals surface area contributed by atoms with Crippen molar-refractivity contribution in [3.63, 3.8) is 0 Å². The van der Waals surface area contributed by atoms with Crippen LogP contribution in [0.25, 0.3) is 22.0 Å². The number of hydrogen-bond donors (Lipinski definition) is 2. The van der Waals surface area contributed by atoms with Crippen molar-refractivity contribution in [1.29, 1.82) is 0 Å². The van der Waals surface area contributed by atoms with Crippen molar-refractivity contribution < 1.29 is 9.53 Å². The fraction of sp³-hybridized carbons (Fsp3) is 0.296. The van der Waals surface area contributed by atoms with Gasteiger partial charge in [0.05, 0.1) is 24.4 Å². The van der Waals surface area contributed by atoms with E-state index in [0.29, 0.717) is 23.8 Å². The highest BCUT2D eigenvalue weighted by Crippen LogP contribution is 2.36. The third-order valence-corrected chi connectivity index (χ3v) is 6.56. The molecule has 34 heavy (non-hydrogen) atoms. The second kappa shape index (κ2) is 9.27. The Bertz CT molecular complexity index is 1330. The number of carbonyl (C=O) groups is 1. The van der Waals surface area contributed by atoms with Crippen molar-refractivity contribution in [2.45, 2.75) is 19.9 Å². The quantitative estimate of drug-likeness (QED) is 0.433. The Hall–Kier alpha value is -3.71. The molecule has 5 rings (SSSR count). The zero-order chi connectivity index (χ0) is 23.7. The molecule has 7 nitrogen and oxygen atoms in total. The number of nitrogens with one attached hydrogen (secondary N) is 2. The first-order valence-corrected chi connectivity index (χ1v) is 11.7. The highest BCUT2D eigenvalue weighted by molar-refractivity contribution is 5.96. The predicted octanol–water partition coefficient (Wildman–Crippen LogP) is 4.36. The molecule has 1 fully saturated rings. The van der Waals surface area contributed by atoms with Gasteiger partial charge in [0.1, 0.15) is 5.75 Å². The lowest BCUT2D eigenvalue weighted by Gasteiger charge is -2.40. The predicted molar refractivity (Wildman–Crippen MR) is 133 cm³/mol. The van der Waals surface area contributed by atoms with Crippen molar-refractivity contribution in [1.82, 2.24) is 25.4 Å². The second-order valence-corrected chi connectivity index (χ2v) is 8.86. The minimum Gasteiger partial charge on any atom is -0.493 e. The Morgan fingerprint density at radius 3 is 2.76 bits per heavy atom. The number of carbonyl (C=O) groups excluding carboxylic acids is 1. The van der Waals surface area contributed by atoms with Gasteiger partial charge >= 0.3 is 0 Å². The Morgan fingerprint density at radius 2 is 2.03 bits per heavy atom. The zero-order valence-corrected chi connectivity index (χ0v) is 19.7. The highest BCUT2D eigenvalue weighted by Gasteiger charge is 2.35. The number of benzene rings is 2. The Labute approximate surface area is 199 Å². The van der Waals surface area contributed by atoms with Crippen LogP contribution in [0.15, 0.2) is 61.1 Å². The SMILES string of the molecule is CCOc1cc(C(=O)N(C)[C@H](c2cncc3cn[nH]c23)C2CNC2)ccc1-c1cccc(C)c1. The zero-order valence-electron chi connectivity index (χ0n) is 19.7. The van der Waals surface area contributed by atoms with E-state index in [1.807, 2.05) is 49.3 Å². The van der Waals surface area contributed by atoms with E-state index in [9.17, 15) is 4.79 Å². The van der Waals surface area contributed by atoms with E-state index in [-0.39, 0.29) is 11.9 Å². The van der Waals surface area contributed by atoms with Gasteiger partial charge in [-0.2, -0.15) is 5.10 Å². The first kappa shape index (κ1) is 22.1. The van der Waals surface area contributed by atoms with Gasteiger partial charge in [-0.3, -0.25) is 14.9 Å². The number of H-pyrrole nitrogens is 1. The number of aromatic amines is 1. The molecule has 2 N–H and O–H groups in total. The largest absolute Gasteiger partial charge is 0.493 e. The smallest absolute Gasteiger partial charge is 0.254 e. The molecule has 0 saturated carbocycles. The minimum atomic E-state index is -0.127. The molecule has 1 amide bonds. The lowest BCUT2D eigenvalue weighted by Crippen LogP contribution is -2.50. The molecule has 0 radical (unpaired) electrons. The van der Waals surface area contributed by atoms with Crippen LogP contribution in [0.5, 0.6) is 5.75 Å². The van der Waals surface area contributed by atoms with Crippen LogP contribution in [0.2, 0.25) is 0 Å². The summed E-state index contributed by atoms with van der Waals surface area (Å²) in [5.41, 5.74) is 5.75. The summed E-state index contributed by atoms with van der Waals surface area (Å²) >= 11 is 0. The molecular formula is C27H29N5O2. The van der Waals surface area contributed by atoms with Crippen LogP contribution in [0, 0.1) is 12.8 Å². The maximum atomic E-state index is 13.7. The van der Waals surface area contributed by atoms with Gasteiger partial charge in [0.25, 0.3) is 5.91 Å². The summed E-state index contributed by atoms with van der Waals surface area (Å²) in [4.78, 5) is 20.0. The molecule has 4 aromatic rings. The van der Waals surface area contributed by atoms with Crippen LogP contribution in [0.3, 0.4) is 0 Å². The fourth-order valence-electron chi connectivity index (χ4n) is 4.74. The molecule has 3 heterocycles. The Morgan fingerprint density at radius 1 is 1.18 bits per heavy atom. The maximum absolute atomic E-state index is 13.7. The molecule has 174 valence electrons. The summed E-state index contributed by atoms with van der Waals surface area (Å²) in [5.74, 6) is 0.958. The normalized spacial score (nSPS) is 14.6. The van der Waals surface area contributed by atoms with Crippen LogP contribution < -0.4 is 10.1 Å². The van der Waals surface area contributed by atoms with Gasteiger partial charge in [0, 0.05) is 60.5 Å². The van der Waals surface area contributed by atoms with Gasteiger partial charge in [-0.15, -0.1) is 0 Å². The molecule has 0 bridgehead atoms. The third kappa shape index (κ3) is 4.03. The van der Waals surface area contributed by atoms with Gasteiger partial charge in [-0.05, 0) is 37.6 Å². The van der Waals surface area contributed by atoms with Gasteiger partial charge in [0.15, 0.2) is 0 Å². The van der Waals surface area contributed by atoms with Crippen LogP contribution in [0.4, 0.5) is 0 Å². The van der Waals surface area contributed by atoms with E-state index in [4.69, 9.17) is 4.74 Å². The van der Waals surface area contributed by atoms with E-state index in [1.165, 1.54) is 5.56 Å². The fourth-order valence-corrected chi connectivity index (χ4v) is 4.74. The van der Waals surface area contributed by atoms with Gasteiger partial charge < -0.3 is 15.0 Å².